The molecule has 3 aromatic rings. The second-order valence-electron chi connectivity index (χ2n) is 5.38. The van der Waals surface area contributed by atoms with Gasteiger partial charge in [-0.2, -0.15) is 5.10 Å². The SMILES string of the molecule is CN(C)c1ncc(Br)cc1C(=O)Nc1cnn(-c2ccccc2)c1. The normalized spacial score (nSPS) is 10.5. The minimum absolute atomic E-state index is 0.236. The van der Waals surface area contributed by atoms with Crippen LogP contribution >= 0.6 is 15.9 Å². The minimum atomic E-state index is -0.236. The molecule has 0 saturated carbocycles. The van der Waals surface area contributed by atoms with E-state index in [-0.39, 0.29) is 5.91 Å². The summed E-state index contributed by atoms with van der Waals surface area (Å²) >= 11 is 3.36. The lowest BCUT2D eigenvalue weighted by molar-refractivity contribution is 0.102. The van der Waals surface area contributed by atoms with Crippen molar-refractivity contribution in [3.63, 3.8) is 0 Å². The number of hydrogen-bond donors (Lipinski definition) is 1. The van der Waals surface area contributed by atoms with Crippen molar-refractivity contribution in [2.24, 2.45) is 0 Å². The fourth-order valence-electron chi connectivity index (χ4n) is 2.26. The van der Waals surface area contributed by atoms with Crippen molar-refractivity contribution in [3.8, 4) is 5.69 Å². The van der Waals surface area contributed by atoms with Crippen LogP contribution in [0.15, 0.2) is 59.5 Å². The zero-order chi connectivity index (χ0) is 17.1. The third-order valence-electron chi connectivity index (χ3n) is 3.36. The molecule has 6 nitrogen and oxygen atoms in total. The maximum atomic E-state index is 12.6. The van der Waals surface area contributed by atoms with Gasteiger partial charge in [0.15, 0.2) is 0 Å². The molecule has 0 unspecified atom stereocenters. The average molecular weight is 386 g/mol. The minimum Gasteiger partial charge on any atom is -0.362 e. The maximum absolute atomic E-state index is 12.6. The number of carbonyl (C=O) groups is 1. The van der Waals surface area contributed by atoms with Gasteiger partial charge in [0.05, 0.1) is 29.3 Å². The lowest BCUT2D eigenvalue weighted by Gasteiger charge is -2.15. The standard InChI is InChI=1S/C17H16BrN5O/c1-22(2)16-15(8-12(18)9-19-16)17(24)21-13-10-20-23(11-13)14-6-4-3-5-7-14/h3-11H,1-2H3,(H,21,24). The number of nitrogens with zero attached hydrogens (tertiary/aromatic N) is 4. The zero-order valence-corrected chi connectivity index (χ0v) is 14.9. The summed E-state index contributed by atoms with van der Waals surface area (Å²) in [4.78, 5) is 18.7. The summed E-state index contributed by atoms with van der Waals surface area (Å²) < 4.78 is 2.46. The highest BCUT2D eigenvalue weighted by Gasteiger charge is 2.16. The van der Waals surface area contributed by atoms with Gasteiger partial charge in [0.2, 0.25) is 0 Å². The number of anilines is 2. The van der Waals surface area contributed by atoms with Gasteiger partial charge < -0.3 is 10.2 Å². The fraction of sp³-hybridized carbons (Fsp3) is 0.118. The summed E-state index contributed by atoms with van der Waals surface area (Å²) in [5.41, 5.74) is 2.03. The summed E-state index contributed by atoms with van der Waals surface area (Å²) in [5.74, 6) is 0.367. The summed E-state index contributed by atoms with van der Waals surface area (Å²) in [6.07, 6.45) is 5.05. The Bertz CT molecular complexity index is 860. The Morgan fingerprint density at radius 3 is 2.67 bits per heavy atom. The van der Waals surface area contributed by atoms with Gasteiger partial charge in [-0.3, -0.25) is 4.79 Å². The molecule has 0 radical (unpaired) electrons. The van der Waals surface area contributed by atoms with E-state index in [1.807, 2.05) is 44.4 Å². The molecule has 7 heteroatoms. The van der Waals surface area contributed by atoms with Crippen LogP contribution in [-0.4, -0.2) is 34.8 Å². The van der Waals surface area contributed by atoms with E-state index in [0.717, 1.165) is 10.2 Å². The lowest BCUT2D eigenvalue weighted by Crippen LogP contribution is -2.19. The number of pyridine rings is 1. The molecule has 0 bridgehead atoms. The molecule has 1 aromatic carbocycles. The van der Waals surface area contributed by atoms with Crippen molar-refractivity contribution in [3.05, 3.63) is 65.0 Å². The van der Waals surface area contributed by atoms with Crippen LogP contribution in [0.3, 0.4) is 0 Å². The average Bonchev–Trinajstić information content (AvgIpc) is 3.03. The van der Waals surface area contributed by atoms with E-state index < -0.39 is 0 Å². The van der Waals surface area contributed by atoms with Crippen LogP contribution in [0.4, 0.5) is 11.5 Å². The van der Waals surface area contributed by atoms with Gasteiger partial charge >= 0.3 is 0 Å². The van der Waals surface area contributed by atoms with Gasteiger partial charge in [0.25, 0.3) is 5.91 Å². The molecule has 3 rings (SSSR count). The number of amides is 1. The first-order valence-electron chi connectivity index (χ1n) is 7.29. The molecule has 1 N–H and O–H groups in total. The molecule has 0 atom stereocenters. The highest BCUT2D eigenvalue weighted by Crippen LogP contribution is 2.21. The van der Waals surface area contributed by atoms with Gasteiger partial charge in [0.1, 0.15) is 5.82 Å². The molecule has 122 valence electrons. The van der Waals surface area contributed by atoms with E-state index in [2.05, 4.69) is 31.3 Å². The predicted octanol–water partition coefficient (Wildman–Crippen LogP) is 3.35. The number of nitrogens with one attached hydrogen (secondary N) is 1. The molecule has 0 aliphatic rings. The van der Waals surface area contributed by atoms with Gasteiger partial charge in [-0.25, -0.2) is 9.67 Å². The molecule has 0 fully saturated rings. The zero-order valence-electron chi connectivity index (χ0n) is 13.3. The topological polar surface area (TPSA) is 63.1 Å². The van der Waals surface area contributed by atoms with Crippen LogP contribution in [0.25, 0.3) is 5.69 Å². The molecule has 2 aromatic heterocycles. The number of hydrogen-bond acceptors (Lipinski definition) is 4. The van der Waals surface area contributed by atoms with Crippen LogP contribution in [0.2, 0.25) is 0 Å². The highest BCUT2D eigenvalue weighted by molar-refractivity contribution is 9.10. The lowest BCUT2D eigenvalue weighted by atomic mass is 10.2. The number of para-hydroxylation sites is 1. The third kappa shape index (κ3) is 3.46. The first-order valence-corrected chi connectivity index (χ1v) is 8.08. The second kappa shape index (κ2) is 6.84. The van der Waals surface area contributed by atoms with E-state index in [0.29, 0.717) is 17.1 Å². The van der Waals surface area contributed by atoms with E-state index in [1.54, 1.807) is 34.2 Å². The summed E-state index contributed by atoms with van der Waals surface area (Å²) in [7, 11) is 3.70. The van der Waals surface area contributed by atoms with E-state index in [9.17, 15) is 4.79 Å². The largest absolute Gasteiger partial charge is 0.362 e. The van der Waals surface area contributed by atoms with E-state index in [1.165, 1.54) is 0 Å². The first kappa shape index (κ1) is 16.2. The monoisotopic (exact) mass is 385 g/mol. The Kier molecular flexibility index (Phi) is 4.61. The van der Waals surface area contributed by atoms with E-state index >= 15 is 0 Å². The number of halogens is 1. The molecular weight excluding hydrogens is 370 g/mol. The maximum Gasteiger partial charge on any atom is 0.259 e. The van der Waals surface area contributed by atoms with E-state index in [4.69, 9.17) is 0 Å². The van der Waals surface area contributed by atoms with Crippen LogP contribution in [0.5, 0.6) is 0 Å². The second-order valence-corrected chi connectivity index (χ2v) is 6.30. The molecule has 0 spiro atoms. The van der Waals surface area contributed by atoms with Gasteiger partial charge in [0, 0.05) is 24.8 Å². The molecule has 1 amide bonds. The van der Waals surface area contributed by atoms with Crippen molar-refractivity contribution in [2.75, 3.05) is 24.3 Å². The van der Waals surface area contributed by atoms with Gasteiger partial charge in [-0.1, -0.05) is 18.2 Å². The summed E-state index contributed by atoms with van der Waals surface area (Å²) in [6, 6.07) is 11.5. The smallest absolute Gasteiger partial charge is 0.259 e. The molecule has 2 heterocycles. The van der Waals surface area contributed by atoms with Crippen LogP contribution in [0, 0.1) is 0 Å². The molecular formula is C17H16BrN5O. The van der Waals surface area contributed by atoms with Crippen molar-refractivity contribution in [2.45, 2.75) is 0 Å². The Morgan fingerprint density at radius 2 is 1.96 bits per heavy atom. The fourth-order valence-corrected chi connectivity index (χ4v) is 2.59. The summed E-state index contributed by atoms with van der Waals surface area (Å²) in [5, 5.41) is 7.14. The highest BCUT2D eigenvalue weighted by atomic mass is 79.9. The molecule has 0 saturated heterocycles. The quantitative estimate of drug-likeness (QED) is 0.747. The van der Waals surface area contributed by atoms with Crippen LogP contribution in [-0.2, 0) is 0 Å². The van der Waals surface area contributed by atoms with Gasteiger partial charge in [-0.05, 0) is 34.1 Å². The number of benzene rings is 1. The number of rotatable bonds is 4. The number of carbonyl (C=O) groups excluding carboxylic acids is 1. The van der Waals surface area contributed by atoms with Gasteiger partial charge in [-0.15, -0.1) is 0 Å². The first-order chi connectivity index (χ1) is 11.5. The Hall–Kier alpha value is -2.67. The van der Waals surface area contributed by atoms with Crippen molar-refractivity contribution in [1.29, 1.82) is 0 Å². The predicted molar refractivity (Wildman–Crippen MR) is 97.8 cm³/mol. The van der Waals surface area contributed by atoms with Crippen molar-refractivity contribution < 1.29 is 4.79 Å². The summed E-state index contributed by atoms with van der Waals surface area (Å²) in [6.45, 7) is 0. The van der Waals surface area contributed by atoms with Crippen LogP contribution < -0.4 is 10.2 Å². The number of aromatic nitrogens is 3. The Labute approximate surface area is 148 Å². The Morgan fingerprint density at radius 1 is 1.21 bits per heavy atom. The molecule has 24 heavy (non-hydrogen) atoms. The van der Waals surface area contributed by atoms with Crippen LogP contribution in [0.1, 0.15) is 10.4 Å². The molecule has 0 aliphatic carbocycles. The van der Waals surface area contributed by atoms with Crippen molar-refractivity contribution in [1.82, 2.24) is 14.8 Å². The Balaban J connectivity index is 1.84. The third-order valence-corrected chi connectivity index (χ3v) is 3.80. The molecule has 0 aliphatic heterocycles. The van der Waals surface area contributed by atoms with Crippen molar-refractivity contribution >= 4 is 33.3 Å².